The van der Waals surface area contributed by atoms with Gasteiger partial charge in [-0.3, -0.25) is 0 Å². The molecule has 0 heterocycles. The maximum atomic E-state index is 2.45. The molecule has 0 aromatic carbocycles. The van der Waals surface area contributed by atoms with Gasteiger partial charge in [0.25, 0.3) is 0 Å². The van der Waals surface area contributed by atoms with E-state index in [2.05, 4.69) is 20.8 Å². The zero-order valence-electron chi connectivity index (χ0n) is 9.03. The molecule has 0 aliphatic heterocycles. The Morgan fingerprint density at radius 2 is 1.92 bits per heavy atom. The molecule has 0 bridgehead atoms. The highest BCUT2D eigenvalue weighted by Crippen LogP contribution is 2.51. The Kier molecular flexibility index (Phi) is 3.61. The average molecular weight is 168 g/mol. The molecule has 1 fully saturated rings. The van der Waals surface area contributed by atoms with Gasteiger partial charge in [-0.15, -0.1) is 0 Å². The van der Waals surface area contributed by atoms with Crippen LogP contribution in [0.3, 0.4) is 0 Å². The first-order valence-corrected chi connectivity index (χ1v) is 5.75. The third-order valence-corrected chi connectivity index (χ3v) is 4.04. The van der Waals surface area contributed by atoms with E-state index in [4.69, 9.17) is 0 Å². The lowest BCUT2D eigenvalue weighted by molar-refractivity contribution is 0.0429. The molecular formula is C12H24. The highest BCUT2D eigenvalue weighted by atomic mass is 14.4. The summed E-state index contributed by atoms with van der Waals surface area (Å²) in [7, 11) is 0. The lowest BCUT2D eigenvalue weighted by atomic mass is 9.58. The van der Waals surface area contributed by atoms with Crippen LogP contribution in [0.1, 0.15) is 65.7 Å². The Balaban J connectivity index is 2.39. The maximum Gasteiger partial charge on any atom is -0.0272 e. The van der Waals surface area contributed by atoms with Crippen molar-refractivity contribution in [3.63, 3.8) is 0 Å². The highest BCUT2D eigenvalue weighted by Gasteiger charge is 2.39. The van der Waals surface area contributed by atoms with Gasteiger partial charge in [0.05, 0.1) is 0 Å². The highest BCUT2D eigenvalue weighted by molar-refractivity contribution is 4.90. The Bertz CT molecular complexity index is 122. The largest absolute Gasteiger partial charge is 0.0654 e. The van der Waals surface area contributed by atoms with Crippen molar-refractivity contribution in [2.45, 2.75) is 65.7 Å². The second-order valence-corrected chi connectivity index (χ2v) is 4.63. The van der Waals surface area contributed by atoms with Crippen LogP contribution in [0.4, 0.5) is 0 Å². The van der Waals surface area contributed by atoms with Crippen LogP contribution >= 0.6 is 0 Å². The van der Waals surface area contributed by atoms with Crippen molar-refractivity contribution >= 4 is 0 Å². The molecule has 1 atom stereocenters. The van der Waals surface area contributed by atoms with Crippen LogP contribution in [0.2, 0.25) is 0 Å². The number of hydrogen-bond donors (Lipinski definition) is 0. The molecule has 0 radical (unpaired) electrons. The molecule has 1 rings (SSSR count). The fourth-order valence-electron chi connectivity index (χ4n) is 2.58. The van der Waals surface area contributed by atoms with Gasteiger partial charge in [0, 0.05) is 0 Å². The van der Waals surface area contributed by atoms with Gasteiger partial charge < -0.3 is 0 Å². The monoisotopic (exact) mass is 168 g/mol. The molecule has 0 N–H and O–H groups in total. The molecule has 1 aliphatic rings. The molecule has 1 aliphatic carbocycles. The van der Waals surface area contributed by atoms with E-state index in [1.54, 1.807) is 0 Å². The zero-order valence-corrected chi connectivity index (χ0v) is 9.03. The number of unbranched alkanes of at least 4 members (excludes halogenated alkanes) is 1. The average Bonchev–Trinajstić information content (AvgIpc) is 2.02. The van der Waals surface area contributed by atoms with Crippen molar-refractivity contribution in [1.82, 2.24) is 0 Å². The van der Waals surface area contributed by atoms with Crippen LogP contribution in [0.15, 0.2) is 0 Å². The molecular weight excluding hydrogens is 144 g/mol. The molecule has 72 valence electrons. The van der Waals surface area contributed by atoms with Crippen molar-refractivity contribution in [1.29, 1.82) is 0 Å². The van der Waals surface area contributed by atoms with Crippen molar-refractivity contribution in [2.24, 2.45) is 11.3 Å². The van der Waals surface area contributed by atoms with Gasteiger partial charge in [-0.05, 0) is 30.6 Å². The van der Waals surface area contributed by atoms with Crippen molar-refractivity contribution in [3.05, 3.63) is 0 Å². The first-order valence-electron chi connectivity index (χ1n) is 5.75. The predicted molar refractivity (Wildman–Crippen MR) is 55.3 cm³/mol. The van der Waals surface area contributed by atoms with E-state index in [1.807, 2.05) is 0 Å². The summed E-state index contributed by atoms with van der Waals surface area (Å²) in [4.78, 5) is 0. The van der Waals surface area contributed by atoms with Crippen LogP contribution in [-0.4, -0.2) is 0 Å². The van der Waals surface area contributed by atoms with E-state index in [0.717, 1.165) is 11.3 Å². The van der Waals surface area contributed by atoms with Gasteiger partial charge in [-0.1, -0.05) is 46.5 Å². The fraction of sp³-hybridized carbons (Fsp3) is 1.00. The van der Waals surface area contributed by atoms with Crippen LogP contribution in [0, 0.1) is 11.3 Å². The molecule has 0 spiro atoms. The predicted octanol–water partition coefficient (Wildman–Crippen LogP) is 4.39. The summed E-state index contributed by atoms with van der Waals surface area (Å²) in [6.07, 6.45) is 10.2. The lowest BCUT2D eigenvalue weighted by Crippen LogP contribution is -2.35. The summed E-state index contributed by atoms with van der Waals surface area (Å²) < 4.78 is 0. The maximum absolute atomic E-state index is 2.45. The normalized spacial score (nSPS) is 23.2. The Morgan fingerprint density at radius 1 is 1.25 bits per heavy atom. The minimum Gasteiger partial charge on any atom is -0.0654 e. The fourth-order valence-corrected chi connectivity index (χ4v) is 2.58. The van der Waals surface area contributed by atoms with E-state index >= 15 is 0 Å². The van der Waals surface area contributed by atoms with E-state index in [0.29, 0.717) is 0 Å². The lowest BCUT2D eigenvalue weighted by Gasteiger charge is -2.47. The summed E-state index contributed by atoms with van der Waals surface area (Å²) in [5, 5.41) is 0. The summed E-state index contributed by atoms with van der Waals surface area (Å²) in [6.45, 7) is 7.11. The molecule has 0 aromatic rings. The first kappa shape index (κ1) is 10.1. The molecule has 0 saturated heterocycles. The Labute approximate surface area is 77.7 Å². The molecule has 0 heteroatoms. The van der Waals surface area contributed by atoms with Gasteiger partial charge in [0.1, 0.15) is 0 Å². The molecule has 12 heavy (non-hydrogen) atoms. The second-order valence-electron chi connectivity index (χ2n) is 4.63. The van der Waals surface area contributed by atoms with Crippen LogP contribution in [0.5, 0.6) is 0 Å². The Hall–Kier alpha value is 0. The molecule has 0 nitrogen and oxygen atoms in total. The minimum absolute atomic E-state index is 0.782. The molecule has 0 aromatic heterocycles. The van der Waals surface area contributed by atoms with E-state index in [1.165, 1.54) is 44.9 Å². The first-order chi connectivity index (χ1) is 5.75. The van der Waals surface area contributed by atoms with Crippen molar-refractivity contribution in [3.8, 4) is 0 Å². The SMILES string of the molecule is CCCCC1(C(C)CC)CCC1. The standard InChI is InChI=1S/C12H24/c1-4-6-8-12(9-7-10-12)11(3)5-2/h11H,4-10H2,1-3H3. The van der Waals surface area contributed by atoms with Gasteiger partial charge >= 0.3 is 0 Å². The van der Waals surface area contributed by atoms with Crippen molar-refractivity contribution in [2.75, 3.05) is 0 Å². The van der Waals surface area contributed by atoms with Crippen molar-refractivity contribution < 1.29 is 0 Å². The van der Waals surface area contributed by atoms with Gasteiger partial charge in [-0.25, -0.2) is 0 Å². The van der Waals surface area contributed by atoms with Crippen LogP contribution in [0.25, 0.3) is 0 Å². The van der Waals surface area contributed by atoms with Gasteiger partial charge in [0.15, 0.2) is 0 Å². The van der Waals surface area contributed by atoms with E-state index in [-0.39, 0.29) is 0 Å². The smallest absolute Gasteiger partial charge is 0.0272 e. The van der Waals surface area contributed by atoms with Crippen LogP contribution in [-0.2, 0) is 0 Å². The molecule has 0 amide bonds. The minimum atomic E-state index is 0.782. The number of rotatable bonds is 5. The Morgan fingerprint density at radius 3 is 2.25 bits per heavy atom. The summed E-state index contributed by atoms with van der Waals surface area (Å²) in [5.74, 6) is 0.970. The third kappa shape index (κ3) is 1.84. The summed E-state index contributed by atoms with van der Waals surface area (Å²) >= 11 is 0. The molecule has 1 saturated carbocycles. The second kappa shape index (κ2) is 4.30. The number of hydrogen-bond acceptors (Lipinski definition) is 0. The van der Waals surface area contributed by atoms with Gasteiger partial charge in [-0.2, -0.15) is 0 Å². The van der Waals surface area contributed by atoms with E-state index in [9.17, 15) is 0 Å². The summed E-state index contributed by atoms with van der Waals surface area (Å²) in [5.41, 5.74) is 0.782. The topological polar surface area (TPSA) is 0 Å². The zero-order chi connectivity index (χ0) is 9.03. The quantitative estimate of drug-likeness (QED) is 0.571. The van der Waals surface area contributed by atoms with Gasteiger partial charge in [0.2, 0.25) is 0 Å². The third-order valence-electron chi connectivity index (χ3n) is 4.04. The molecule has 1 unspecified atom stereocenters. The van der Waals surface area contributed by atoms with E-state index < -0.39 is 0 Å². The van der Waals surface area contributed by atoms with Crippen LogP contribution < -0.4 is 0 Å². The summed E-state index contributed by atoms with van der Waals surface area (Å²) in [6, 6.07) is 0.